The lowest BCUT2D eigenvalue weighted by Gasteiger charge is -2.19. The molecule has 8 heteroatoms. The number of halogens is 1. The van der Waals surface area contributed by atoms with E-state index in [9.17, 15) is 9.18 Å². The first kappa shape index (κ1) is 22.6. The van der Waals surface area contributed by atoms with Gasteiger partial charge in [0.2, 0.25) is 5.91 Å². The number of nitrogens with zero attached hydrogens (tertiary/aromatic N) is 3. The number of benzene rings is 1. The maximum absolute atomic E-state index is 13.2. The van der Waals surface area contributed by atoms with Crippen molar-refractivity contribution in [3.8, 4) is 5.75 Å². The predicted molar refractivity (Wildman–Crippen MR) is 116 cm³/mol. The van der Waals surface area contributed by atoms with Crippen LogP contribution in [0.25, 0.3) is 0 Å². The molecule has 1 aliphatic carbocycles. The van der Waals surface area contributed by atoms with Gasteiger partial charge in [0.1, 0.15) is 11.6 Å². The Morgan fingerprint density at radius 1 is 1.20 bits per heavy atom. The second kappa shape index (κ2) is 10.3. The highest BCUT2D eigenvalue weighted by Gasteiger charge is 2.25. The largest absolute Gasteiger partial charge is 0.483 e. The van der Waals surface area contributed by atoms with Crippen molar-refractivity contribution in [1.82, 2.24) is 20.1 Å². The normalized spacial score (nSPS) is 16.6. The van der Waals surface area contributed by atoms with Crippen LogP contribution in [-0.4, -0.2) is 32.0 Å². The minimum atomic E-state index is -0.362. The summed E-state index contributed by atoms with van der Waals surface area (Å²) in [5.74, 6) is 1.38. The van der Waals surface area contributed by atoms with Gasteiger partial charge in [0, 0.05) is 12.6 Å². The Balaban J connectivity index is 1.71. The minimum absolute atomic E-state index is 0.0446. The Hall–Kier alpha value is -2.09. The van der Waals surface area contributed by atoms with Crippen molar-refractivity contribution >= 4 is 17.7 Å². The molecule has 1 aromatic heterocycles. The summed E-state index contributed by atoms with van der Waals surface area (Å²) in [6.07, 6.45) is 4.14. The van der Waals surface area contributed by atoms with Crippen molar-refractivity contribution < 1.29 is 13.9 Å². The van der Waals surface area contributed by atoms with Gasteiger partial charge in [0.05, 0.1) is 5.25 Å². The third kappa shape index (κ3) is 5.97. The summed E-state index contributed by atoms with van der Waals surface area (Å²) >= 11 is 1.42. The van der Waals surface area contributed by atoms with Crippen molar-refractivity contribution in [2.24, 2.45) is 5.92 Å². The average Bonchev–Trinajstić information content (AvgIpc) is 3.33. The molecule has 1 aromatic carbocycles. The number of nitrogens with one attached hydrogen (secondary N) is 1. The summed E-state index contributed by atoms with van der Waals surface area (Å²) < 4.78 is 21.1. The molecular weight excluding hydrogens is 403 g/mol. The lowest BCUT2D eigenvalue weighted by Crippen LogP contribution is -2.37. The van der Waals surface area contributed by atoms with Crippen LogP contribution < -0.4 is 10.1 Å². The monoisotopic (exact) mass is 434 g/mol. The van der Waals surface area contributed by atoms with Gasteiger partial charge >= 0.3 is 0 Å². The number of ether oxygens (including phenoxy) is 1. The molecule has 1 saturated carbocycles. The zero-order valence-corrected chi connectivity index (χ0v) is 18.9. The number of aromatic nitrogens is 3. The fourth-order valence-electron chi connectivity index (χ4n) is 3.59. The molecule has 0 spiro atoms. The quantitative estimate of drug-likeness (QED) is 0.577. The first-order valence-corrected chi connectivity index (χ1v) is 11.5. The highest BCUT2D eigenvalue weighted by molar-refractivity contribution is 8.00. The average molecular weight is 435 g/mol. The molecule has 164 valence electrons. The SMILES string of the molecule is CC(C)Cn1c(SC(C)C(=O)NC2CCCC2)nnc1C(C)Oc1ccc(F)cc1. The maximum atomic E-state index is 13.2. The summed E-state index contributed by atoms with van der Waals surface area (Å²) in [5.41, 5.74) is 0. The Morgan fingerprint density at radius 3 is 2.50 bits per heavy atom. The van der Waals surface area contributed by atoms with Crippen LogP contribution >= 0.6 is 11.8 Å². The molecule has 1 fully saturated rings. The Morgan fingerprint density at radius 2 is 1.87 bits per heavy atom. The van der Waals surface area contributed by atoms with E-state index in [1.165, 1.54) is 36.7 Å². The predicted octanol–water partition coefficient (Wildman–Crippen LogP) is 4.75. The summed E-state index contributed by atoms with van der Waals surface area (Å²) in [6.45, 7) is 8.77. The molecule has 2 unspecified atom stereocenters. The van der Waals surface area contributed by atoms with Crippen LogP contribution in [0, 0.1) is 11.7 Å². The van der Waals surface area contributed by atoms with E-state index in [-0.39, 0.29) is 23.1 Å². The van der Waals surface area contributed by atoms with E-state index in [4.69, 9.17) is 4.74 Å². The van der Waals surface area contributed by atoms with Gasteiger partial charge in [-0.2, -0.15) is 0 Å². The molecule has 2 aromatic rings. The third-order valence-corrected chi connectivity index (χ3v) is 6.22. The van der Waals surface area contributed by atoms with Gasteiger partial charge in [-0.1, -0.05) is 38.5 Å². The van der Waals surface area contributed by atoms with E-state index in [1.807, 2.05) is 18.4 Å². The molecule has 0 saturated heterocycles. The third-order valence-electron chi connectivity index (χ3n) is 5.14. The van der Waals surface area contributed by atoms with Crippen molar-refractivity contribution in [3.05, 3.63) is 35.9 Å². The molecule has 0 bridgehead atoms. The Kier molecular flexibility index (Phi) is 7.75. The first-order valence-electron chi connectivity index (χ1n) is 10.7. The van der Waals surface area contributed by atoms with Gasteiger partial charge < -0.3 is 14.6 Å². The molecule has 1 aliphatic rings. The van der Waals surface area contributed by atoms with Gasteiger partial charge in [-0.3, -0.25) is 4.79 Å². The summed E-state index contributed by atoms with van der Waals surface area (Å²) in [6, 6.07) is 6.23. The van der Waals surface area contributed by atoms with Gasteiger partial charge in [-0.25, -0.2) is 4.39 Å². The summed E-state index contributed by atoms with van der Waals surface area (Å²) in [7, 11) is 0. The van der Waals surface area contributed by atoms with Gasteiger partial charge in [-0.05, 0) is 56.9 Å². The van der Waals surface area contributed by atoms with Gasteiger partial charge in [0.15, 0.2) is 17.1 Å². The Labute approximate surface area is 182 Å². The fourth-order valence-corrected chi connectivity index (χ4v) is 4.47. The summed E-state index contributed by atoms with van der Waals surface area (Å²) in [4.78, 5) is 12.6. The smallest absolute Gasteiger partial charge is 0.233 e. The van der Waals surface area contributed by atoms with Crippen molar-refractivity contribution in [1.29, 1.82) is 0 Å². The summed E-state index contributed by atoms with van der Waals surface area (Å²) in [5, 5.41) is 12.3. The molecule has 1 N–H and O–H groups in total. The zero-order chi connectivity index (χ0) is 21.7. The number of rotatable bonds is 9. The van der Waals surface area contributed by atoms with Crippen LogP contribution in [0.1, 0.15) is 65.3 Å². The second-order valence-corrected chi connectivity index (χ2v) is 9.62. The van der Waals surface area contributed by atoms with E-state index in [2.05, 4.69) is 29.4 Å². The number of carbonyl (C=O) groups excluding carboxylic acids is 1. The van der Waals surface area contributed by atoms with E-state index in [0.29, 0.717) is 28.7 Å². The van der Waals surface area contributed by atoms with E-state index in [0.717, 1.165) is 19.4 Å². The molecule has 0 radical (unpaired) electrons. The zero-order valence-electron chi connectivity index (χ0n) is 18.1. The molecule has 3 rings (SSSR count). The number of amides is 1. The molecular formula is C22H31FN4O2S. The van der Waals surface area contributed by atoms with Crippen LogP contribution in [0.5, 0.6) is 5.75 Å². The molecule has 1 amide bonds. The van der Waals surface area contributed by atoms with E-state index < -0.39 is 0 Å². The molecule has 30 heavy (non-hydrogen) atoms. The lowest BCUT2D eigenvalue weighted by atomic mass is 10.2. The molecule has 1 heterocycles. The van der Waals surface area contributed by atoms with E-state index >= 15 is 0 Å². The lowest BCUT2D eigenvalue weighted by molar-refractivity contribution is -0.120. The standard InChI is InChI=1S/C22H31FN4O2S/c1-14(2)13-27-20(15(3)29-19-11-9-17(23)10-12-19)25-26-22(27)30-16(4)21(28)24-18-7-5-6-8-18/h9-12,14-16,18H,5-8,13H2,1-4H3,(H,24,28). The maximum Gasteiger partial charge on any atom is 0.233 e. The molecule has 6 nitrogen and oxygen atoms in total. The minimum Gasteiger partial charge on any atom is -0.483 e. The molecule has 0 aliphatic heterocycles. The van der Waals surface area contributed by atoms with Crippen LogP contribution in [0.3, 0.4) is 0 Å². The first-order chi connectivity index (χ1) is 14.3. The second-order valence-electron chi connectivity index (χ2n) is 8.31. The van der Waals surface area contributed by atoms with Crippen molar-refractivity contribution in [2.45, 2.75) is 82.5 Å². The number of hydrogen-bond donors (Lipinski definition) is 1. The number of hydrogen-bond acceptors (Lipinski definition) is 5. The van der Waals surface area contributed by atoms with Gasteiger partial charge in [0.25, 0.3) is 0 Å². The van der Waals surface area contributed by atoms with Crippen molar-refractivity contribution in [2.75, 3.05) is 0 Å². The van der Waals surface area contributed by atoms with Crippen LogP contribution in [-0.2, 0) is 11.3 Å². The van der Waals surface area contributed by atoms with Gasteiger partial charge in [-0.15, -0.1) is 10.2 Å². The highest BCUT2D eigenvalue weighted by Crippen LogP contribution is 2.28. The van der Waals surface area contributed by atoms with E-state index in [1.54, 1.807) is 12.1 Å². The van der Waals surface area contributed by atoms with Crippen LogP contribution in [0.15, 0.2) is 29.4 Å². The highest BCUT2D eigenvalue weighted by atomic mass is 32.2. The number of carbonyl (C=O) groups is 1. The fraction of sp³-hybridized carbons (Fsp3) is 0.591. The molecule has 2 atom stereocenters. The Bertz CT molecular complexity index is 834. The van der Waals surface area contributed by atoms with Crippen LogP contribution in [0.2, 0.25) is 0 Å². The topological polar surface area (TPSA) is 69.0 Å². The number of thioether (sulfide) groups is 1. The van der Waals surface area contributed by atoms with Crippen LogP contribution in [0.4, 0.5) is 4.39 Å². The van der Waals surface area contributed by atoms with Crippen molar-refractivity contribution in [3.63, 3.8) is 0 Å².